The molecule has 0 saturated heterocycles. The number of hydrogen-bond donors (Lipinski definition) is 2. The van der Waals surface area contributed by atoms with Crippen LogP contribution < -0.4 is 5.73 Å². The fourth-order valence-electron chi connectivity index (χ4n) is 9.23. The number of ether oxygens (including phenoxy) is 2. The molecule has 0 fully saturated rings. The second-order valence-corrected chi connectivity index (χ2v) is 23.7. The number of unbranched alkanes of at least 4 members (excludes halogenated alkanes) is 26. The number of hydrogen-bond acceptors (Lipinski definition) is 8. The van der Waals surface area contributed by atoms with Gasteiger partial charge in [-0.3, -0.25) is 18.6 Å². The summed E-state index contributed by atoms with van der Waals surface area (Å²) in [5.41, 5.74) is 5.40. The topological polar surface area (TPSA) is 134 Å². The van der Waals surface area contributed by atoms with Crippen molar-refractivity contribution in [3.8, 4) is 0 Å². The number of carbonyl (C=O) groups excluding carboxylic acids is 2. The van der Waals surface area contributed by atoms with Gasteiger partial charge in [-0.05, 0) is 116 Å². The van der Waals surface area contributed by atoms with Crippen LogP contribution in [-0.2, 0) is 32.7 Å². The Kier molecular flexibility index (Phi) is 65.7. The van der Waals surface area contributed by atoms with Crippen molar-refractivity contribution in [3.63, 3.8) is 0 Å². The van der Waals surface area contributed by atoms with E-state index in [9.17, 15) is 19.0 Å². The molecular formula is C75H126NO8P. The molecule has 2 unspecified atom stereocenters. The molecule has 10 heteroatoms. The Morgan fingerprint density at radius 3 is 0.906 bits per heavy atom. The van der Waals surface area contributed by atoms with Crippen molar-refractivity contribution >= 4 is 19.8 Å². The number of phosphoric ester groups is 1. The van der Waals surface area contributed by atoms with E-state index in [1.165, 1.54) is 135 Å². The fourth-order valence-corrected chi connectivity index (χ4v) is 10.00. The van der Waals surface area contributed by atoms with E-state index in [-0.39, 0.29) is 38.6 Å². The molecule has 9 nitrogen and oxygen atoms in total. The van der Waals surface area contributed by atoms with Gasteiger partial charge in [-0.1, -0.05) is 301 Å². The quantitative estimate of drug-likeness (QED) is 0.0264. The number of esters is 2. The van der Waals surface area contributed by atoms with E-state index < -0.39 is 26.5 Å². The minimum absolute atomic E-state index is 0.0475. The van der Waals surface area contributed by atoms with Gasteiger partial charge >= 0.3 is 19.8 Å². The van der Waals surface area contributed by atoms with E-state index in [0.717, 1.165) is 116 Å². The summed E-state index contributed by atoms with van der Waals surface area (Å²) < 4.78 is 33.2. The number of nitrogens with two attached hydrogens (primary N) is 1. The van der Waals surface area contributed by atoms with Gasteiger partial charge in [-0.2, -0.15) is 0 Å². The number of phosphoric acid groups is 1. The molecule has 0 rings (SSSR count). The monoisotopic (exact) mass is 1200 g/mol. The maximum Gasteiger partial charge on any atom is 0.472 e. The largest absolute Gasteiger partial charge is 0.472 e. The maximum atomic E-state index is 12.8. The average molecular weight is 1200 g/mol. The van der Waals surface area contributed by atoms with Crippen molar-refractivity contribution in [2.75, 3.05) is 26.4 Å². The van der Waals surface area contributed by atoms with Crippen LogP contribution in [0.5, 0.6) is 0 Å². The summed E-state index contributed by atoms with van der Waals surface area (Å²) in [4.78, 5) is 35.4. The predicted octanol–water partition coefficient (Wildman–Crippen LogP) is 22.6. The second-order valence-electron chi connectivity index (χ2n) is 22.3. The molecule has 0 bridgehead atoms. The summed E-state index contributed by atoms with van der Waals surface area (Å²) in [6.45, 7) is 3.52. The zero-order valence-corrected chi connectivity index (χ0v) is 55.2. The van der Waals surface area contributed by atoms with Gasteiger partial charge in [-0.25, -0.2) is 4.57 Å². The Morgan fingerprint density at radius 2 is 0.612 bits per heavy atom. The van der Waals surface area contributed by atoms with Crippen LogP contribution in [0.3, 0.4) is 0 Å². The summed E-state index contributed by atoms with van der Waals surface area (Å²) in [7, 11) is -4.40. The SMILES string of the molecule is CC/C=C\C/C=C\C/C=C\C/C=C\C/C=C\C/C=C\C/C=C\CCCCCCCCCCCCCCCC(=O)OC(COC(=O)CCCCCCCCCCCCCCC/C=C\C/C=C\C/C=C\C/C=C\C/C=C\CC)COP(=O)(O)OCCN. The lowest BCUT2D eigenvalue weighted by Crippen LogP contribution is -2.29. The first-order chi connectivity index (χ1) is 41.8. The van der Waals surface area contributed by atoms with E-state index in [0.29, 0.717) is 6.42 Å². The van der Waals surface area contributed by atoms with Crippen LogP contribution >= 0.6 is 7.82 Å². The Labute approximate surface area is 522 Å². The van der Waals surface area contributed by atoms with Gasteiger partial charge in [0.2, 0.25) is 0 Å². The highest BCUT2D eigenvalue weighted by Crippen LogP contribution is 2.43. The van der Waals surface area contributed by atoms with Gasteiger partial charge in [-0.15, -0.1) is 0 Å². The fraction of sp³-hybridized carbons (Fsp3) is 0.653. The summed E-state index contributed by atoms with van der Waals surface area (Å²) >= 11 is 0. The molecular weight excluding hydrogens is 1070 g/mol. The first-order valence-corrected chi connectivity index (χ1v) is 35.8. The normalized spacial score (nSPS) is 13.9. The Hall–Kier alpha value is -4.11. The van der Waals surface area contributed by atoms with Crippen molar-refractivity contribution in [1.82, 2.24) is 0 Å². The molecule has 0 heterocycles. The Bertz CT molecular complexity index is 1900. The molecule has 0 aromatic carbocycles. The van der Waals surface area contributed by atoms with Crippen LogP contribution in [0.15, 0.2) is 146 Å². The Morgan fingerprint density at radius 1 is 0.353 bits per heavy atom. The number of allylic oxidation sites excluding steroid dienone is 24. The molecule has 0 aliphatic carbocycles. The highest BCUT2D eigenvalue weighted by molar-refractivity contribution is 7.47. The lowest BCUT2D eigenvalue weighted by Gasteiger charge is -2.19. The van der Waals surface area contributed by atoms with Crippen LogP contribution in [-0.4, -0.2) is 49.3 Å². The molecule has 0 aromatic rings. The molecule has 0 radical (unpaired) electrons. The summed E-state index contributed by atoms with van der Waals surface area (Å²) in [5, 5.41) is 0. The van der Waals surface area contributed by atoms with Crippen molar-refractivity contribution in [1.29, 1.82) is 0 Å². The van der Waals surface area contributed by atoms with E-state index >= 15 is 0 Å². The summed E-state index contributed by atoms with van der Waals surface area (Å²) in [6, 6.07) is 0. The van der Waals surface area contributed by atoms with Gasteiger partial charge in [0.25, 0.3) is 0 Å². The molecule has 0 aromatic heterocycles. The standard InChI is InChI=1S/C75H126NO8P/c1-3-5-7-9-11-13-15-17-19-21-23-25-27-29-31-33-34-35-36-37-38-40-42-44-46-48-50-52-54-56-58-60-62-64-66-68-75(78)84-73(72-83-85(79,80)82-70-69-76)71-81-74(77)67-65-63-61-59-57-55-53-51-49-47-45-43-41-39-32-30-28-26-24-22-20-18-16-14-12-10-8-6-4-2/h5-8,11-14,17-20,23-26,29-32,34-35,37-38,73H,3-4,9-10,15-16,21-22,27-28,33,36,39-72,76H2,1-2H3,(H,79,80)/b7-5-,8-6-,13-11-,14-12-,19-17-,20-18-,25-23-,26-24-,31-29-,32-30-,35-34-,38-37-. The lowest BCUT2D eigenvalue weighted by molar-refractivity contribution is -0.161. The van der Waals surface area contributed by atoms with E-state index in [1.807, 2.05) is 0 Å². The minimum atomic E-state index is -4.40. The molecule has 2 atom stereocenters. The third kappa shape index (κ3) is 68.9. The van der Waals surface area contributed by atoms with Gasteiger partial charge < -0.3 is 20.1 Å². The zero-order chi connectivity index (χ0) is 61.6. The van der Waals surface area contributed by atoms with Gasteiger partial charge in [0.15, 0.2) is 6.10 Å². The van der Waals surface area contributed by atoms with Gasteiger partial charge in [0, 0.05) is 19.4 Å². The molecule has 3 N–H and O–H groups in total. The Balaban J connectivity index is 3.93. The average Bonchev–Trinajstić information content (AvgIpc) is 3.52. The minimum Gasteiger partial charge on any atom is -0.462 e. The highest BCUT2D eigenvalue weighted by Gasteiger charge is 2.26. The van der Waals surface area contributed by atoms with Gasteiger partial charge in [0.1, 0.15) is 6.61 Å². The number of carbonyl (C=O) groups is 2. The third-order valence-corrected chi connectivity index (χ3v) is 15.2. The smallest absolute Gasteiger partial charge is 0.462 e. The van der Waals surface area contributed by atoms with E-state index in [4.69, 9.17) is 24.3 Å². The van der Waals surface area contributed by atoms with Gasteiger partial charge in [0.05, 0.1) is 13.2 Å². The van der Waals surface area contributed by atoms with Crippen molar-refractivity contribution in [3.05, 3.63) is 146 Å². The van der Waals surface area contributed by atoms with Crippen LogP contribution in [0, 0.1) is 0 Å². The van der Waals surface area contributed by atoms with Crippen molar-refractivity contribution in [2.24, 2.45) is 5.73 Å². The predicted molar refractivity (Wildman–Crippen MR) is 367 cm³/mol. The van der Waals surface area contributed by atoms with Crippen LogP contribution in [0.1, 0.15) is 284 Å². The molecule has 0 amide bonds. The number of rotatable bonds is 63. The molecule has 0 aliphatic heterocycles. The molecule has 0 spiro atoms. The van der Waals surface area contributed by atoms with Crippen molar-refractivity contribution < 1.29 is 37.6 Å². The van der Waals surface area contributed by atoms with Crippen LogP contribution in [0.4, 0.5) is 0 Å². The molecule has 85 heavy (non-hydrogen) atoms. The first kappa shape index (κ1) is 80.9. The maximum absolute atomic E-state index is 12.8. The molecule has 484 valence electrons. The molecule has 0 saturated carbocycles. The highest BCUT2D eigenvalue weighted by atomic mass is 31.2. The lowest BCUT2D eigenvalue weighted by atomic mass is 10.0. The van der Waals surface area contributed by atoms with Crippen LogP contribution in [0.2, 0.25) is 0 Å². The molecule has 0 aliphatic rings. The van der Waals surface area contributed by atoms with Crippen LogP contribution in [0.25, 0.3) is 0 Å². The van der Waals surface area contributed by atoms with E-state index in [1.54, 1.807) is 0 Å². The second kappa shape index (κ2) is 69.0. The summed E-state index contributed by atoms with van der Waals surface area (Å²) in [5.74, 6) is -0.831. The first-order valence-electron chi connectivity index (χ1n) is 34.3. The summed E-state index contributed by atoms with van der Waals surface area (Å²) in [6.07, 6.45) is 99.2. The van der Waals surface area contributed by atoms with E-state index in [2.05, 4.69) is 160 Å². The zero-order valence-electron chi connectivity index (χ0n) is 54.3. The third-order valence-electron chi connectivity index (χ3n) is 14.2. The van der Waals surface area contributed by atoms with Crippen molar-refractivity contribution in [2.45, 2.75) is 290 Å².